The lowest BCUT2D eigenvalue weighted by Gasteiger charge is -2.14. The second kappa shape index (κ2) is 5.01. The molecule has 1 aromatic rings. The number of aliphatic hydroxyl groups excluding tert-OH is 1. The molecule has 0 aromatic heterocycles. The molecule has 0 fully saturated rings. The molecule has 0 saturated heterocycles. The van der Waals surface area contributed by atoms with E-state index in [0.29, 0.717) is 12.8 Å². The molecule has 0 spiro atoms. The van der Waals surface area contributed by atoms with Gasteiger partial charge in [0.05, 0.1) is 13.1 Å². The number of aliphatic hydroxyl groups is 1. The van der Waals surface area contributed by atoms with E-state index in [-0.39, 0.29) is 18.4 Å². The van der Waals surface area contributed by atoms with E-state index in [2.05, 4.69) is 10.3 Å². The van der Waals surface area contributed by atoms with Gasteiger partial charge in [-0.05, 0) is 17.7 Å². The first kappa shape index (κ1) is 11.7. The van der Waals surface area contributed by atoms with Crippen LogP contribution in [0.25, 0.3) is 0 Å². The van der Waals surface area contributed by atoms with Gasteiger partial charge in [-0.3, -0.25) is 5.01 Å². The summed E-state index contributed by atoms with van der Waals surface area (Å²) in [5.41, 5.74) is 0.859. The minimum atomic E-state index is -1.05. The van der Waals surface area contributed by atoms with Crippen LogP contribution in [0.15, 0.2) is 34.6 Å². The molecule has 0 radical (unpaired) electrons. The molecule has 17 heavy (non-hydrogen) atoms. The Labute approximate surface area is 97.5 Å². The van der Waals surface area contributed by atoms with Crippen molar-refractivity contribution in [1.29, 1.82) is 0 Å². The molecule has 90 valence electrons. The second-order valence-corrected chi connectivity index (χ2v) is 3.85. The van der Waals surface area contributed by atoms with Gasteiger partial charge < -0.3 is 9.90 Å². The number of halogens is 1. The van der Waals surface area contributed by atoms with Crippen LogP contribution in [0, 0.1) is 5.82 Å². The maximum Gasteiger partial charge on any atom is 0.150 e. The van der Waals surface area contributed by atoms with Crippen molar-refractivity contribution < 1.29 is 14.3 Å². The normalized spacial score (nSPS) is 20.6. The van der Waals surface area contributed by atoms with Gasteiger partial charge in [0.25, 0.3) is 0 Å². The number of hydrogen-bond acceptors (Lipinski definition) is 5. The van der Waals surface area contributed by atoms with Gasteiger partial charge in [0, 0.05) is 0 Å². The maximum atomic E-state index is 12.7. The Bertz CT molecular complexity index is 421. The Morgan fingerprint density at radius 3 is 2.88 bits per heavy atom. The number of rotatable bonds is 4. The van der Waals surface area contributed by atoms with E-state index in [4.69, 9.17) is 5.11 Å². The van der Waals surface area contributed by atoms with Crippen LogP contribution in [0.2, 0.25) is 0 Å². The molecule has 1 heterocycles. The Morgan fingerprint density at radius 1 is 1.53 bits per heavy atom. The Morgan fingerprint density at radius 2 is 2.24 bits per heavy atom. The Hall–Kier alpha value is -1.82. The average molecular weight is 237 g/mol. The molecule has 0 saturated carbocycles. The lowest BCUT2D eigenvalue weighted by Crippen LogP contribution is -2.28. The van der Waals surface area contributed by atoms with E-state index in [1.807, 2.05) is 0 Å². The summed E-state index contributed by atoms with van der Waals surface area (Å²) in [6, 6.07) is 5.87. The van der Waals surface area contributed by atoms with Crippen LogP contribution in [0.3, 0.4) is 0 Å². The number of benzene rings is 1. The SMILES string of the molecule is O=CC(O)CN1CC(c2ccc(F)cc2)N=N1. The maximum absolute atomic E-state index is 12.7. The zero-order valence-corrected chi connectivity index (χ0v) is 9.03. The highest BCUT2D eigenvalue weighted by Gasteiger charge is 2.22. The third kappa shape index (κ3) is 2.85. The van der Waals surface area contributed by atoms with Gasteiger partial charge in [0.1, 0.15) is 24.2 Å². The van der Waals surface area contributed by atoms with Crippen LogP contribution in [0.5, 0.6) is 0 Å². The largest absolute Gasteiger partial charge is 0.384 e. The summed E-state index contributed by atoms with van der Waals surface area (Å²) in [5.74, 6) is -0.295. The molecule has 2 unspecified atom stereocenters. The van der Waals surface area contributed by atoms with Crippen molar-refractivity contribution in [1.82, 2.24) is 5.01 Å². The third-order valence-corrected chi connectivity index (χ3v) is 2.51. The first-order chi connectivity index (χ1) is 8.19. The van der Waals surface area contributed by atoms with Crippen molar-refractivity contribution in [3.05, 3.63) is 35.6 Å². The second-order valence-electron chi connectivity index (χ2n) is 3.85. The molecular weight excluding hydrogens is 225 g/mol. The first-order valence-electron chi connectivity index (χ1n) is 5.23. The quantitative estimate of drug-likeness (QED) is 0.798. The molecule has 1 N–H and O–H groups in total. The summed E-state index contributed by atoms with van der Waals surface area (Å²) in [4.78, 5) is 10.3. The van der Waals surface area contributed by atoms with E-state index in [9.17, 15) is 9.18 Å². The standard InChI is InChI=1S/C11H12FN3O2/c12-9-3-1-8(2-4-9)11-6-15(14-13-11)5-10(17)7-16/h1-4,7,10-11,17H,5-6H2. The van der Waals surface area contributed by atoms with Crippen LogP contribution >= 0.6 is 0 Å². The summed E-state index contributed by atoms with van der Waals surface area (Å²) in [6.07, 6.45) is -0.596. The highest BCUT2D eigenvalue weighted by Crippen LogP contribution is 2.24. The topological polar surface area (TPSA) is 65.3 Å². The predicted octanol–water partition coefficient (Wildman–Crippen LogP) is 1.11. The number of aldehydes is 1. The van der Waals surface area contributed by atoms with Crippen LogP contribution in [0.1, 0.15) is 11.6 Å². The monoisotopic (exact) mass is 237 g/mol. The molecule has 1 aliphatic rings. The van der Waals surface area contributed by atoms with E-state index in [0.717, 1.165) is 5.56 Å². The molecule has 0 aliphatic carbocycles. The number of β-amino-alcohol motifs (C(OH)–C–C–N with tert-alkyl or cyclic N) is 1. The van der Waals surface area contributed by atoms with Gasteiger partial charge in [0.15, 0.2) is 0 Å². The van der Waals surface area contributed by atoms with Gasteiger partial charge in [-0.2, -0.15) is 5.11 Å². The third-order valence-electron chi connectivity index (χ3n) is 2.51. The lowest BCUT2D eigenvalue weighted by atomic mass is 10.1. The van der Waals surface area contributed by atoms with Crippen LogP contribution in [0.4, 0.5) is 4.39 Å². The van der Waals surface area contributed by atoms with Gasteiger partial charge in [-0.1, -0.05) is 17.4 Å². The lowest BCUT2D eigenvalue weighted by molar-refractivity contribution is -0.115. The van der Waals surface area contributed by atoms with Crippen LogP contribution in [-0.4, -0.2) is 35.6 Å². The molecule has 1 aliphatic heterocycles. The fourth-order valence-corrected chi connectivity index (χ4v) is 1.64. The summed E-state index contributed by atoms with van der Waals surface area (Å²) < 4.78 is 12.7. The summed E-state index contributed by atoms with van der Waals surface area (Å²) in [5, 5.41) is 18.5. The molecular formula is C11H12FN3O2. The Balaban J connectivity index is 1.96. The summed E-state index contributed by atoms with van der Waals surface area (Å²) >= 11 is 0. The first-order valence-corrected chi connectivity index (χ1v) is 5.23. The molecule has 6 heteroatoms. The van der Waals surface area contributed by atoms with Crippen LogP contribution in [-0.2, 0) is 4.79 Å². The number of carbonyl (C=O) groups excluding carboxylic acids is 1. The van der Waals surface area contributed by atoms with Crippen LogP contribution < -0.4 is 0 Å². The van der Waals surface area contributed by atoms with Crippen molar-refractivity contribution in [3.63, 3.8) is 0 Å². The smallest absolute Gasteiger partial charge is 0.150 e. The number of nitrogens with zero attached hydrogens (tertiary/aromatic N) is 3. The van der Waals surface area contributed by atoms with Gasteiger partial charge in [-0.15, -0.1) is 0 Å². The van der Waals surface area contributed by atoms with Gasteiger partial charge in [0.2, 0.25) is 0 Å². The van der Waals surface area contributed by atoms with E-state index < -0.39 is 6.10 Å². The zero-order chi connectivity index (χ0) is 12.3. The minimum Gasteiger partial charge on any atom is -0.384 e. The highest BCUT2D eigenvalue weighted by atomic mass is 19.1. The number of carbonyl (C=O) groups is 1. The molecule has 0 amide bonds. The van der Waals surface area contributed by atoms with Crippen molar-refractivity contribution in [2.24, 2.45) is 10.3 Å². The number of hydrogen-bond donors (Lipinski definition) is 1. The van der Waals surface area contributed by atoms with E-state index >= 15 is 0 Å². The summed E-state index contributed by atoms with van der Waals surface area (Å²) in [6.45, 7) is 0.612. The van der Waals surface area contributed by atoms with Crippen molar-refractivity contribution in [3.8, 4) is 0 Å². The minimum absolute atomic E-state index is 0.130. The predicted molar refractivity (Wildman–Crippen MR) is 57.6 cm³/mol. The van der Waals surface area contributed by atoms with Crippen molar-refractivity contribution >= 4 is 6.29 Å². The fourth-order valence-electron chi connectivity index (χ4n) is 1.64. The molecule has 2 atom stereocenters. The van der Waals surface area contributed by atoms with Crippen molar-refractivity contribution in [2.45, 2.75) is 12.1 Å². The van der Waals surface area contributed by atoms with Crippen molar-refractivity contribution in [2.75, 3.05) is 13.1 Å². The fraction of sp³-hybridized carbons (Fsp3) is 0.364. The van der Waals surface area contributed by atoms with Gasteiger partial charge in [-0.25, -0.2) is 4.39 Å². The molecule has 0 bridgehead atoms. The highest BCUT2D eigenvalue weighted by molar-refractivity contribution is 5.55. The van der Waals surface area contributed by atoms with E-state index in [1.165, 1.54) is 17.1 Å². The zero-order valence-electron chi connectivity index (χ0n) is 9.03. The summed E-state index contributed by atoms with van der Waals surface area (Å²) in [7, 11) is 0. The molecule has 5 nitrogen and oxygen atoms in total. The molecule has 2 rings (SSSR count). The average Bonchev–Trinajstić information content (AvgIpc) is 2.78. The van der Waals surface area contributed by atoms with E-state index in [1.54, 1.807) is 12.1 Å². The molecule has 1 aromatic carbocycles. The van der Waals surface area contributed by atoms with Gasteiger partial charge >= 0.3 is 0 Å². The Kier molecular flexibility index (Phi) is 3.43.